The topological polar surface area (TPSA) is 65.7 Å². The van der Waals surface area contributed by atoms with Crippen LogP contribution in [0.25, 0.3) is 0 Å². The van der Waals surface area contributed by atoms with Gasteiger partial charge >= 0.3 is 6.01 Å². The highest BCUT2D eigenvalue weighted by atomic mass is 16.5. The quantitative estimate of drug-likeness (QED) is 0.771. The number of likely N-dealkylation sites (tertiary alicyclic amines) is 1. The molecule has 1 aromatic heterocycles. The van der Waals surface area contributed by atoms with Crippen LogP contribution in [0.2, 0.25) is 0 Å². The molecule has 0 spiro atoms. The van der Waals surface area contributed by atoms with Gasteiger partial charge < -0.3 is 14.3 Å². The molecular weight excluding hydrogens is 354 g/mol. The number of aromatic nitrogens is 2. The van der Waals surface area contributed by atoms with Crippen molar-refractivity contribution in [3.63, 3.8) is 0 Å². The highest BCUT2D eigenvalue weighted by Crippen LogP contribution is 2.54. The fourth-order valence-corrected chi connectivity index (χ4v) is 6.33. The minimum atomic E-state index is 0.289. The van der Waals surface area contributed by atoms with Crippen molar-refractivity contribution in [1.29, 1.82) is 0 Å². The van der Waals surface area contributed by atoms with Crippen LogP contribution in [-0.2, 0) is 4.79 Å². The van der Waals surface area contributed by atoms with Crippen LogP contribution >= 0.6 is 0 Å². The summed E-state index contributed by atoms with van der Waals surface area (Å²) in [6.07, 6.45) is 3.70. The van der Waals surface area contributed by atoms with Gasteiger partial charge in [-0.2, -0.15) is 4.98 Å². The molecule has 2 bridgehead atoms. The summed E-state index contributed by atoms with van der Waals surface area (Å²) < 4.78 is 5.44. The molecule has 1 aromatic rings. The molecule has 3 unspecified atom stereocenters. The number of carbonyl (C=O) groups excluding carboxylic acids is 1. The summed E-state index contributed by atoms with van der Waals surface area (Å²) in [6, 6.07) is 2.18. The summed E-state index contributed by atoms with van der Waals surface area (Å²) in [5, 5.41) is 3.97. The maximum atomic E-state index is 12.9. The molecule has 0 radical (unpaired) electrons. The minimum absolute atomic E-state index is 0.289. The fraction of sp³-hybridized carbons (Fsp3) is 0.857. The zero-order valence-corrected chi connectivity index (χ0v) is 17.5. The second kappa shape index (κ2) is 6.71. The van der Waals surface area contributed by atoms with Crippen molar-refractivity contribution in [2.24, 2.45) is 23.7 Å². The molecule has 0 aromatic carbocycles. The molecule has 4 aliphatic rings. The van der Waals surface area contributed by atoms with Crippen LogP contribution in [0.5, 0.6) is 0 Å². The monoisotopic (exact) mass is 387 g/mol. The number of nitrogens with zero attached hydrogens (tertiary/aromatic N) is 5. The number of hydrogen-bond donors (Lipinski definition) is 0. The molecule has 3 heterocycles. The first-order valence-corrected chi connectivity index (χ1v) is 11.1. The van der Waals surface area contributed by atoms with E-state index in [1.807, 2.05) is 6.92 Å². The molecule has 2 saturated carbocycles. The molecule has 2 aliphatic carbocycles. The van der Waals surface area contributed by atoms with E-state index in [1.54, 1.807) is 0 Å². The van der Waals surface area contributed by atoms with Crippen LogP contribution in [0.4, 0.5) is 6.01 Å². The van der Waals surface area contributed by atoms with Crippen molar-refractivity contribution in [2.45, 2.75) is 65.1 Å². The molecule has 0 N–H and O–H groups in total. The predicted molar refractivity (Wildman–Crippen MR) is 106 cm³/mol. The minimum Gasteiger partial charge on any atom is -0.340 e. The van der Waals surface area contributed by atoms with Gasteiger partial charge in [-0.05, 0) is 64.7 Å². The van der Waals surface area contributed by atoms with E-state index in [1.165, 1.54) is 19.3 Å². The Bertz CT molecular complexity index is 737. The third kappa shape index (κ3) is 2.93. The number of piperidine rings is 1. The Hall–Kier alpha value is -1.63. The normalized spacial score (nSPS) is 36.8. The Morgan fingerprint density at radius 1 is 1.18 bits per heavy atom. The van der Waals surface area contributed by atoms with Crippen molar-refractivity contribution in [2.75, 3.05) is 31.1 Å². The van der Waals surface area contributed by atoms with Gasteiger partial charge in [-0.15, -0.1) is 0 Å². The molecule has 2 saturated heterocycles. The van der Waals surface area contributed by atoms with Gasteiger partial charge in [-0.1, -0.05) is 5.16 Å². The van der Waals surface area contributed by atoms with Gasteiger partial charge in [-0.25, -0.2) is 0 Å². The van der Waals surface area contributed by atoms with Crippen molar-refractivity contribution in [3.05, 3.63) is 5.82 Å². The summed E-state index contributed by atoms with van der Waals surface area (Å²) in [6.45, 7) is 12.3. The maximum Gasteiger partial charge on any atom is 0.324 e. The second-order valence-corrected chi connectivity index (χ2v) is 9.68. The van der Waals surface area contributed by atoms with Crippen LogP contribution in [0.1, 0.15) is 45.9 Å². The van der Waals surface area contributed by atoms with Crippen LogP contribution in [0, 0.1) is 30.6 Å². The molecule has 154 valence electrons. The zero-order chi connectivity index (χ0) is 19.6. The van der Waals surface area contributed by atoms with Crippen LogP contribution in [-0.4, -0.2) is 70.2 Å². The van der Waals surface area contributed by atoms with Gasteiger partial charge in [0.2, 0.25) is 5.91 Å². The summed E-state index contributed by atoms with van der Waals surface area (Å²) in [5.74, 6) is 3.31. The summed E-state index contributed by atoms with van der Waals surface area (Å²) in [4.78, 5) is 24.4. The molecule has 28 heavy (non-hydrogen) atoms. The van der Waals surface area contributed by atoms with Gasteiger partial charge in [0.15, 0.2) is 5.82 Å². The highest BCUT2D eigenvalue weighted by Gasteiger charge is 2.61. The molecule has 7 heteroatoms. The average Bonchev–Trinajstić information content (AvgIpc) is 2.99. The number of carbonyl (C=O) groups is 1. The van der Waals surface area contributed by atoms with Crippen LogP contribution in [0.15, 0.2) is 4.52 Å². The average molecular weight is 388 g/mol. The smallest absolute Gasteiger partial charge is 0.324 e. The lowest BCUT2D eigenvalue weighted by Gasteiger charge is -2.36. The molecule has 1 amide bonds. The van der Waals surface area contributed by atoms with Crippen LogP contribution < -0.4 is 4.90 Å². The summed E-state index contributed by atoms with van der Waals surface area (Å²) in [7, 11) is 0. The Morgan fingerprint density at radius 2 is 1.89 bits per heavy atom. The third-order valence-corrected chi connectivity index (χ3v) is 7.68. The first-order chi connectivity index (χ1) is 13.5. The number of hydrogen-bond acceptors (Lipinski definition) is 6. The molecule has 6 atom stereocenters. The van der Waals surface area contributed by atoms with Crippen molar-refractivity contribution >= 4 is 11.9 Å². The van der Waals surface area contributed by atoms with Crippen molar-refractivity contribution < 1.29 is 9.32 Å². The van der Waals surface area contributed by atoms with E-state index in [0.717, 1.165) is 32.1 Å². The Morgan fingerprint density at radius 3 is 2.50 bits per heavy atom. The van der Waals surface area contributed by atoms with E-state index in [-0.39, 0.29) is 5.92 Å². The molecule has 2 aliphatic heterocycles. The fourth-order valence-electron chi connectivity index (χ4n) is 6.33. The largest absolute Gasteiger partial charge is 0.340 e. The standard InChI is InChI=1S/C21H33N5O2/c1-5-25(12(2)3)20(27)19-17-10-24(11-18(17)19)15-6-14-7-16(8-15)26(9-14)21-22-13(4)23-28-21/h12,14-19H,5-11H2,1-4H3/t14?,15?,16?,17-,18+,19-. The van der Waals surface area contributed by atoms with E-state index in [9.17, 15) is 4.79 Å². The first kappa shape index (κ1) is 18.4. The lowest BCUT2D eigenvalue weighted by atomic mass is 9.85. The Kier molecular flexibility index (Phi) is 4.41. The maximum absolute atomic E-state index is 12.9. The summed E-state index contributed by atoms with van der Waals surface area (Å²) in [5.41, 5.74) is 0. The SMILES string of the molecule is CCN(C(=O)[C@@H]1[C@@H]2CN(C3CC4CC(C3)N(c3nc(C)no3)C4)C[C@@H]21)C(C)C. The second-order valence-electron chi connectivity index (χ2n) is 9.68. The van der Waals surface area contributed by atoms with E-state index in [2.05, 4.69) is 45.6 Å². The lowest BCUT2D eigenvalue weighted by Crippen LogP contribution is -2.44. The van der Waals surface area contributed by atoms with Gasteiger partial charge in [-0.3, -0.25) is 9.69 Å². The van der Waals surface area contributed by atoms with E-state index >= 15 is 0 Å². The number of anilines is 1. The highest BCUT2D eigenvalue weighted by molar-refractivity contribution is 5.83. The molecular formula is C21H33N5O2. The molecule has 5 rings (SSSR count). The van der Waals surface area contributed by atoms with Crippen LogP contribution in [0.3, 0.4) is 0 Å². The lowest BCUT2D eigenvalue weighted by molar-refractivity contribution is -0.135. The Balaban J connectivity index is 1.19. The number of amides is 1. The van der Waals surface area contributed by atoms with Crippen molar-refractivity contribution in [3.8, 4) is 0 Å². The molecule has 7 nitrogen and oxygen atoms in total. The van der Waals surface area contributed by atoms with E-state index in [4.69, 9.17) is 4.52 Å². The van der Waals surface area contributed by atoms with E-state index < -0.39 is 0 Å². The number of fused-ring (bicyclic) bond motifs is 3. The first-order valence-electron chi connectivity index (χ1n) is 11.1. The number of aryl methyl sites for hydroxylation is 1. The van der Waals surface area contributed by atoms with Gasteiger partial charge in [0.1, 0.15) is 0 Å². The summed E-state index contributed by atoms with van der Waals surface area (Å²) >= 11 is 0. The van der Waals surface area contributed by atoms with E-state index in [0.29, 0.717) is 47.7 Å². The van der Waals surface area contributed by atoms with Gasteiger partial charge in [0.25, 0.3) is 0 Å². The molecule has 4 fully saturated rings. The van der Waals surface area contributed by atoms with Crippen molar-refractivity contribution in [1.82, 2.24) is 19.9 Å². The Labute approximate surface area is 167 Å². The van der Waals surface area contributed by atoms with Gasteiger partial charge in [0, 0.05) is 50.2 Å². The third-order valence-electron chi connectivity index (χ3n) is 7.68. The van der Waals surface area contributed by atoms with Gasteiger partial charge in [0.05, 0.1) is 0 Å². The zero-order valence-electron chi connectivity index (χ0n) is 17.5. The number of rotatable bonds is 5. The predicted octanol–water partition coefficient (Wildman–Crippen LogP) is 2.17.